The molecule has 4 heteroatoms. The molecule has 0 heterocycles. The van der Waals surface area contributed by atoms with Gasteiger partial charge in [0.25, 0.3) is 5.91 Å². The van der Waals surface area contributed by atoms with Gasteiger partial charge in [-0.3, -0.25) is 4.79 Å². The molecule has 0 bridgehead atoms. The van der Waals surface area contributed by atoms with Crippen molar-refractivity contribution in [2.24, 2.45) is 0 Å². The van der Waals surface area contributed by atoms with Crippen molar-refractivity contribution in [2.45, 2.75) is 22.8 Å². The fourth-order valence-electron chi connectivity index (χ4n) is 3.01. The molecule has 1 amide bonds. The zero-order chi connectivity index (χ0) is 20.1. The molecule has 0 radical (unpaired) electrons. The minimum absolute atomic E-state index is 0.181. The summed E-state index contributed by atoms with van der Waals surface area (Å²) in [5, 5.41) is 5.23. The van der Waals surface area contributed by atoms with E-state index in [2.05, 4.69) is 23.5 Å². The van der Waals surface area contributed by atoms with Crippen molar-refractivity contribution >= 4 is 34.1 Å². The molecular formula is C25H21NO2S. The van der Waals surface area contributed by atoms with Crippen LogP contribution in [0, 0.1) is 0 Å². The lowest BCUT2D eigenvalue weighted by Crippen LogP contribution is -2.30. The van der Waals surface area contributed by atoms with Crippen LogP contribution in [0.4, 0.5) is 5.69 Å². The molecule has 0 aliphatic carbocycles. The van der Waals surface area contributed by atoms with E-state index in [-0.39, 0.29) is 5.91 Å². The highest BCUT2D eigenvalue weighted by Gasteiger charge is 2.17. The molecule has 1 atom stereocenters. The Hall–Kier alpha value is -3.24. The van der Waals surface area contributed by atoms with Gasteiger partial charge in [0.05, 0.1) is 5.69 Å². The zero-order valence-corrected chi connectivity index (χ0v) is 16.9. The van der Waals surface area contributed by atoms with E-state index in [1.807, 2.05) is 78.9 Å². The molecule has 0 spiro atoms. The van der Waals surface area contributed by atoms with Crippen LogP contribution in [-0.4, -0.2) is 12.0 Å². The molecule has 0 saturated heterocycles. The van der Waals surface area contributed by atoms with E-state index < -0.39 is 6.10 Å². The number of carbonyl (C=O) groups excluding carboxylic acids is 1. The lowest BCUT2D eigenvalue weighted by Gasteiger charge is -2.17. The maximum atomic E-state index is 12.7. The van der Waals surface area contributed by atoms with Crippen LogP contribution in [0.25, 0.3) is 10.8 Å². The first-order valence-electron chi connectivity index (χ1n) is 9.47. The maximum Gasteiger partial charge on any atom is 0.265 e. The molecule has 4 rings (SSSR count). The number of anilines is 1. The smallest absolute Gasteiger partial charge is 0.265 e. The molecule has 0 fully saturated rings. The number of benzene rings is 4. The maximum absolute atomic E-state index is 12.7. The van der Waals surface area contributed by atoms with Crippen molar-refractivity contribution in [1.82, 2.24) is 0 Å². The minimum Gasteiger partial charge on any atom is -0.481 e. The van der Waals surface area contributed by atoms with Crippen LogP contribution in [0.3, 0.4) is 0 Å². The molecular weight excluding hydrogens is 378 g/mol. The second kappa shape index (κ2) is 8.84. The van der Waals surface area contributed by atoms with Crippen LogP contribution < -0.4 is 10.1 Å². The summed E-state index contributed by atoms with van der Waals surface area (Å²) in [4.78, 5) is 14.9. The van der Waals surface area contributed by atoms with Crippen molar-refractivity contribution in [2.75, 3.05) is 5.32 Å². The first-order valence-corrected chi connectivity index (χ1v) is 10.3. The van der Waals surface area contributed by atoms with Crippen LogP contribution in [0.2, 0.25) is 0 Å². The van der Waals surface area contributed by atoms with Gasteiger partial charge in [-0.05, 0) is 54.1 Å². The number of fused-ring (bicyclic) bond motifs is 1. The average Bonchev–Trinajstić information content (AvgIpc) is 2.75. The summed E-state index contributed by atoms with van der Waals surface area (Å²) >= 11 is 1.62. The third-order valence-electron chi connectivity index (χ3n) is 4.52. The van der Waals surface area contributed by atoms with E-state index in [1.165, 1.54) is 0 Å². The molecule has 3 nitrogen and oxygen atoms in total. The highest BCUT2D eigenvalue weighted by molar-refractivity contribution is 7.99. The fourth-order valence-corrected chi connectivity index (χ4v) is 3.93. The van der Waals surface area contributed by atoms with E-state index in [0.29, 0.717) is 5.75 Å². The number of rotatable bonds is 6. The summed E-state index contributed by atoms with van der Waals surface area (Å²) in [7, 11) is 0. The second-order valence-corrected chi connectivity index (χ2v) is 7.78. The number of ether oxygens (including phenoxy) is 1. The molecule has 0 aliphatic rings. The predicted molar refractivity (Wildman–Crippen MR) is 120 cm³/mol. The largest absolute Gasteiger partial charge is 0.481 e. The van der Waals surface area contributed by atoms with Crippen LogP contribution in [-0.2, 0) is 4.79 Å². The SMILES string of the molecule is C[C@H](Oc1ccc2ccccc2c1)C(=O)Nc1ccccc1Sc1ccccc1. The summed E-state index contributed by atoms with van der Waals surface area (Å²) in [6.45, 7) is 1.76. The summed E-state index contributed by atoms with van der Waals surface area (Å²) in [5.74, 6) is 0.498. The van der Waals surface area contributed by atoms with Gasteiger partial charge in [0.15, 0.2) is 6.10 Å². The van der Waals surface area contributed by atoms with Gasteiger partial charge < -0.3 is 10.1 Å². The lowest BCUT2D eigenvalue weighted by atomic mass is 10.1. The van der Waals surface area contributed by atoms with Gasteiger partial charge in [0.1, 0.15) is 5.75 Å². The molecule has 1 N–H and O–H groups in total. The Morgan fingerprint density at radius 3 is 2.34 bits per heavy atom. The first kappa shape index (κ1) is 19.1. The van der Waals surface area contributed by atoms with Gasteiger partial charge >= 0.3 is 0 Å². The zero-order valence-electron chi connectivity index (χ0n) is 16.0. The highest BCUT2D eigenvalue weighted by Crippen LogP contribution is 2.33. The first-order chi connectivity index (χ1) is 14.2. The minimum atomic E-state index is -0.619. The van der Waals surface area contributed by atoms with Gasteiger partial charge in [-0.25, -0.2) is 0 Å². The van der Waals surface area contributed by atoms with Gasteiger partial charge in [0, 0.05) is 9.79 Å². The van der Waals surface area contributed by atoms with E-state index >= 15 is 0 Å². The van der Waals surface area contributed by atoms with Crippen molar-refractivity contribution in [1.29, 1.82) is 0 Å². The van der Waals surface area contributed by atoms with E-state index in [9.17, 15) is 4.79 Å². The monoisotopic (exact) mass is 399 g/mol. The van der Waals surface area contributed by atoms with Crippen LogP contribution in [0.1, 0.15) is 6.92 Å². The Kier molecular flexibility index (Phi) is 5.82. The van der Waals surface area contributed by atoms with E-state index in [0.717, 1.165) is 26.3 Å². The number of nitrogens with one attached hydrogen (secondary N) is 1. The van der Waals surface area contributed by atoms with E-state index in [4.69, 9.17) is 4.74 Å². The summed E-state index contributed by atoms with van der Waals surface area (Å²) < 4.78 is 5.90. The average molecular weight is 400 g/mol. The molecule has 29 heavy (non-hydrogen) atoms. The molecule has 0 aliphatic heterocycles. The van der Waals surface area contributed by atoms with Gasteiger partial charge in [-0.2, -0.15) is 0 Å². The molecule has 4 aromatic carbocycles. The third kappa shape index (κ3) is 4.79. The number of amides is 1. The number of hydrogen-bond donors (Lipinski definition) is 1. The van der Waals surface area contributed by atoms with Crippen molar-refractivity contribution in [3.05, 3.63) is 97.1 Å². The Labute approximate surface area is 174 Å². The van der Waals surface area contributed by atoms with Gasteiger partial charge in [0.2, 0.25) is 0 Å². The molecule has 0 aromatic heterocycles. The van der Waals surface area contributed by atoms with Crippen LogP contribution in [0.15, 0.2) is 107 Å². The van der Waals surface area contributed by atoms with Crippen molar-refractivity contribution in [3.63, 3.8) is 0 Å². The predicted octanol–water partition coefficient (Wildman–Crippen LogP) is 6.40. The van der Waals surface area contributed by atoms with E-state index in [1.54, 1.807) is 18.7 Å². The van der Waals surface area contributed by atoms with Crippen molar-refractivity contribution < 1.29 is 9.53 Å². The molecule has 0 saturated carbocycles. The van der Waals surface area contributed by atoms with Crippen molar-refractivity contribution in [3.8, 4) is 5.75 Å². The van der Waals surface area contributed by atoms with Gasteiger partial charge in [-0.1, -0.05) is 72.4 Å². The molecule has 4 aromatic rings. The summed E-state index contributed by atoms with van der Waals surface area (Å²) in [6, 6.07) is 31.8. The third-order valence-corrected chi connectivity index (χ3v) is 5.60. The Balaban J connectivity index is 1.46. The normalized spacial score (nSPS) is 11.8. The number of para-hydroxylation sites is 1. The van der Waals surface area contributed by atoms with Crippen LogP contribution in [0.5, 0.6) is 5.75 Å². The Morgan fingerprint density at radius 1 is 0.828 bits per heavy atom. The van der Waals surface area contributed by atoms with Crippen LogP contribution >= 0.6 is 11.8 Å². The summed E-state index contributed by atoms with van der Waals surface area (Å²) in [5.41, 5.74) is 0.778. The second-order valence-electron chi connectivity index (χ2n) is 6.67. The highest BCUT2D eigenvalue weighted by atomic mass is 32.2. The number of hydrogen-bond acceptors (Lipinski definition) is 3. The quantitative estimate of drug-likeness (QED) is 0.408. The molecule has 144 valence electrons. The standard InChI is InChI=1S/C25H21NO2S/c1-18(28-21-16-15-19-9-5-6-10-20(19)17-21)25(27)26-23-13-7-8-14-24(23)29-22-11-3-2-4-12-22/h2-18H,1H3,(H,26,27)/t18-/m0/s1. The Bertz CT molecular complexity index is 1130. The topological polar surface area (TPSA) is 38.3 Å². The van der Waals surface area contributed by atoms with Gasteiger partial charge in [-0.15, -0.1) is 0 Å². The number of carbonyl (C=O) groups is 1. The Morgan fingerprint density at radius 2 is 1.52 bits per heavy atom. The fraction of sp³-hybridized carbons (Fsp3) is 0.0800. The lowest BCUT2D eigenvalue weighted by molar-refractivity contribution is -0.122. The molecule has 0 unspecified atom stereocenters. The summed E-state index contributed by atoms with van der Waals surface area (Å²) in [6.07, 6.45) is -0.619.